The van der Waals surface area contributed by atoms with Gasteiger partial charge in [0, 0.05) is 53.5 Å². The molecule has 1 aliphatic rings. The average Bonchev–Trinajstić information content (AvgIpc) is 3.12. The van der Waals surface area contributed by atoms with Crippen LogP contribution in [0.2, 0.25) is 0 Å². The number of benzene rings is 2. The Kier molecular flexibility index (Phi) is 20.2. The molecule has 0 saturated carbocycles. The van der Waals surface area contributed by atoms with Crippen LogP contribution in [0.1, 0.15) is 176 Å². The number of nitrogens with one attached hydrogen (secondary N) is 1. The Bertz CT molecular complexity index is 1300. The van der Waals surface area contributed by atoms with Gasteiger partial charge in [0.05, 0.1) is 13.2 Å². The second-order valence-corrected chi connectivity index (χ2v) is 13.9. The Morgan fingerprint density at radius 3 is 1.60 bits per heavy atom. The number of rotatable bonds is 29. The van der Waals surface area contributed by atoms with Gasteiger partial charge in [0.2, 0.25) is 0 Å². The minimum Gasteiger partial charge on any atom is -0.466 e. The highest BCUT2D eigenvalue weighted by Gasteiger charge is 2.33. The molecule has 1 N–H and O–H groups in total. The fourth-order valence-electron chi connectivity index (χ4n) is 6.70. The normalized spacial score (nSPS) is 12.5. The number of nitrogens with zero attached hydrogens (tertiary/aromatic N) is 1. The lowest BCUT2D eigenvalue weighted by Crippen LogP contribution is -2.41. The number of carbonyl (C=O) groups excluding carboxylic acids is 4. The number of esters is 2. The molecule has 8 nitrogen and oxygen atoms in total. The zero-order valence-electron chi connectivity index (χ0n) is 31.2. The molecule has 2 aromatic rings. The lowest BCUT2D eigenvalue weighted by Gasteiger charge is -2.28. The van der Waals surface area contributed by atoms with Crippen molar-refractivity contribution in [2.75, 3.05) is 31.6 Å². The average molecular weight is 693 g/mol. The number of carbonyl (C=O) groups is 4. The predicted octanol–water partition coefficient (Wildman–Crippen LogP) is 10.6. The summed E-state index contributed by atoms with van der Waals surface area (Å²) < 4.78 is 10.8. The quantitative estimate of drug-likeness (QED) is 0.0514. The van der Waals surface area contributed by atoms with Crippen LogP contribution < -0.4 is 5.32 Å². The number of anilines is 1. The Hall–Kier alpha value is -3.42. The molecule has 50 heavy (non-hydrogen) atoms. The molecule has 278 valence electrons. The number of amides is 2. The van der Waals surface area contributed by atoms with Gasteiger partial charge in [0.25, 0.3) is 11.8 Å². The summed E-state index contributed by atoms with van der Waals surface area (Å²) in [5.41, 5.74) is 1.82. The van der Waals surface area contributed by atoms with Gasteiger partial charge in [-0.15, -0.1) is 0 Å². The van der Waals surface area contributed by atoms with Crippen LogP contribution in [0.4, 0.5) is 5.69 Å². The molecule has 0 radical (unpaired) electrons. The first-order chi connectivity index (χ1) is 24.5. The second kappa shape index (κ2) is 24.7. The fourth-order valence-corrected chi connectivity index (χ4v) is 6.70. The third kappa shape index (κ3) is 14.4. The van der Waals surface area contributed by atoms with Gasteiger partial charge in [-0.25, -0.2) is 0 Å². The summed E-state index contributed by atoms with van der Waals surface area (Å²) in [4.78, 5) is 52.4. The molecule has 0 bridgehead atoms. The maximum absolute atomic E-state index is 13.4. The van der Waals surface area contributed by atoms with Crippen molar-refractivity contribution in [3.8, 4) is 0 Å². The van der Waals surface area contributed by atoms with E-state index in [4.69, 9.17) is 9.47 Å². The molecule has 3 rings (SSSR count). The summed E-state index contributed by atoms with van der Waals surface area (Å²) in [6, 6.07) is 9.15. The van der Waals surface area contributed by atoms with Crippen LogP contribution >= 0.6 is 0 Å². The van der Waals surface area contributed by atoms with Crippen molar-refractivity contribution in [2.24, 2.45) is 0 Å². The summed E-state index contributed by atoms with van der Waals surface area (Å²) in [5, 5.41) is 4.87. The van der Waals surface area contributed by atoms with Crippen LogP contribution in [0, 0.1) is 0 Å². The van der Waals surface area contributed by atoms with Gasteiger partial charge < -0.3 is 14.8 Å². The van der Waals surface area contributed by atoms with Gasteiger partial charge in [0.1, 0.15) is 0 Å². The molecule has 0 unspecified atom stereocenters. The third-order valence-electron chi connectivity index (χ3n) is 9.65. The largest absolute Gasteiger partial charge is 0.466 e. The molecule has 2 aromatic carbocycles. The van der Waals surface area contributed by atoms with E-state index in [1.165, 1.54) is 88.4 Å². The Morgan fingerprint density at radius 1 is 0.580 bits per heavy atom. The van der Waals surface area contributed by atoms with E-state index >= 15 is 0 Å². The number of ether oxygens (including phenoxy) is 2. The highest BCUT2D eigenvalue weighted by atomic mass is 16.5. The van der Waals surface area contributed by atoms with Crippen molar-refractivity contribution in [1.82, 2.24) is 4.90 Å². The van der Waals surface area contributed by atoms with Crippen molar-refractivity contribution in [3.05, 3.63) is 41.5 Å². The highest BCUT2D eigenvalue weighted by molar-refractivity contribution is 6.26. The van der Waals surface area contributed by atoms with Crippen molar-refractivity contribution < 1.29 is 28.7 Å². The zero-order chi connectivity index (χ0) is 35.8. The lowest BCUT2D eigenvalue weighted by molar-refractivity contribution is -0.144. The number of hydrogen-bond donors (Lipinski definition) is 1. The predicted molar refractivity (Wildman–Crippen MR) is 203 cm³/mol. The highest BCUT2D eigenvalue weighted by Crippen LogP contribution is 2.34. The molecular formula is C42H64N2O6. The lowest BCUT2D eigenvalue weighted by atomic mass is 9.93. The van der Waals surface area contributed by atoms with Gasteiger partial charge in [0.15, 0.2) is 0 Å². The van der Waals surface area contributed by atoms with E-state index < -0.39 is 0 Å². The van der Waals surface area contributed by atoms with Crippen molar-refractivity contribution >= 4 is 40.2 Å². The van der Waals surface area contributed by atoms with Gasteiger partial charge in [-0.05, 0) is 43.9 Å². The summed E-state index contributed by atoms with van der Waals surface area (Å²) >= 11 is 0. The standard InChI is InChI=1S/C42H64N2O6/c1-3-5-7-9-11-13-15-17-19-26-38(45)49-32-22-30-43-37-29-28-36-40-34(37)24-21-25-35(40)41(47)44(42(36)48)31-23-33-50-39(46)27-20-18-16-14-12-10-8-6-4-2/h21,24-25,28-29,43H,3-20,22-23,26-27,30-33H2,1-2H3. The topological polar surface area (TPSA) is 102 Å². The SMILES string of the molecule is CCCCCCCCCCCC(=O)OCCCNc1ccc2c3c(cccc13)C(=O)N(CCCOC(=O)CCCCCCCCCCC)C2=O. The maximum Gasteiger partial charge on any atom is 0.305 e. The van der Waals surface area contributed by atoms with E-state index in [0.29, 0.717) is 55.3 Å². The molecule has 0 fully saturated rings. The van der Waals surface area contributed by atoms with Crippen LogP contribution in [-0.2, 0) is 19.1 Å². The minimum atomic E-state index is -0.329. The molecule has 1 aliphatic heterocycles. The van der Waals surface area contributed by atoms with Crippen molar-refractivity contribution in [1.29, 1.82) is 0 Å². The monoisotopic (exact) mass is 692 g/mol. The second-order valence-electron chi connectivity index (χ2n) is 13.9. The van der Waals surface area contributed by atoms with E-state index in [9.17, 15) is 19.2 Å². The third-order valence-corrected chi connectivity index (χ3v) is 9.65. The summed E-state index contributed by atoms with van der Waals surface area (Å²) in [6.07, 6.45) is 23.6. The van der Waals surface area contributed by atoms with Gasteiger partial charge in [-0.2, -0.15) is 0 Å². The molecule has 0 aromatic heterocycles. The Balaban J connectivity index is 1.33. The molecule has 1 heterocycles. The Morgan fingerprint density at radius 2 is 1.06 bits per heavy atom. The number of unbranched alkanes of at least 4 members (excludes halogenated alkanes) is 16. The summed E-state index contributed by atoms with van der Waals surface area (Å²) in [7, 11) is 0. The minimum absolute atomic E-state index is 0.136. The molecule has 0 aliphatic carbocycles. The molecular weight excluding hydrogens is 628 g/mol. The van der Waals surface area contributed by atoms with E-state index in [2.05, 4.69) is 19.2 Å². The zero-order valence-corrected chi connectivity index (χ0v) is 31.2. The van der Waals surface area contributed by atoms with Gasteiger partial charge in [-0.3, -0.25) is 24.1 Å². The van der Waals surface area contributed by atoms with E-state index in [0.717, 1.165) is 43.2 Å². The van der Waals surface area contributed by atoms with E-state index in [-0.39, 0.29) is 36.9 Å². The number of hydrogen-bond acceptors (Lipinski definition) is 7. The Labute approximate surface area is 301 Å². The first-order valence-corrected chi connectivity index (χ1v) is 19.9. The van der Waals surface area contributed by atoms with E-state index in [1.54, 1.807) is 12.1 Å². The first-order valence-electron chi connectivity index (χ1n) is 19.9. The molecule has 2 amide bonds. The molecule has 0 spiro atoms. The van der Waals surface area contributed by atoms with Gasteiger partial charge in [-0.1, -0.05) is 129 Å². The molecule has 0 saturated heterocycles. The smallest absolute Gasteiger partial charge is 0.305 e. The molecule has 8 heteroatoms. The van der Waals surface area contributed by atoms with Crippen LogP contribution in [0.3, 0.4) is 0 Å². The van der Waals surface area contributed by atoms with Crippen LogP contribution in [0.25, 0.3) is 10.8 Å². The maximum atomic E-state index is 13.4. The van der Waals surface area contributed by atoms with Crippen LogP contribution in [-0.4, -0.2) is 55.0 Å². The van der Waals surface area contributed by atoms with Crippen LogP contribution in [0.15, 0.2) is 30.3 Å². The fraction of sp³-hybridized carbons (Fsp3) is 0.667. The van der Waals surface area contributed by atoms with Gasteiger partial charge >= 0.3 is 11.9 Å². The first kappa shape index (κ1) is 41.0. The van der Waals surface area contributed by atoms with Crippen LogP contribution in [0.5, 0.6) is 0 Å². The summed E-state index contributed by atoms with van der Waals surface area (Å²) in [6.45, 7) is 5.78. The van der Waals surface area contributed by atoms with Crippen molar-refractivity contribution in [2.45, 2.75) is 155 Å². The summed E-state index contributed by atoms with van der Waals surface area (Å²) in [5.74, 6) is -1.01. The van der Waals surface area contributed by atoms with Crippen molar-refractivity contribution in [3.63, 3.8) is 0 Å². The van der Waals surface area contributed by atoms with E-state index in [1.807, 2.05) is 18.2 Å². The number of imide groups is 1. The molecule has 0 atom stereocenters.